The third-order valence-electron chi connectivity index (χ3n) is 3.37. The molecule has 1 aromatic rings. The Kier molecular flexibility index (Phi) is 6.77. The molecule has 0 heterocycles. The number of hydrogen-bond acceptors (Lipinski definition) is 4. The van der Waals surface area contributed by atoms with E-state index in [0.717, 1.165) is 12.8 Å². The van der Waals surface area contributed by atoms with Crippen LogP contribution < -0.4 is 0 Å². The molecule has 116 valence electrons. The quantitative estimate of drug-likeness (QED) is 0.599. The van der Waals surface area contributed by atoms with Gasteiger partial charge in [0.15, 0.2) is 0 Å². The fourth-order valence-corrected chi connectivity index (χ4v) is 2.63. The molecule has 1 N–H and O–H groups in total. The van der Waals surface area contributed by atoms with Gasteiger partial charge in [-0.3, -0.25) is 14.9 Å². The summed E-state index contributed by atoms with van der Waals surface area (Å²) in [4.78, 5) is 24.5. The molecule has 0 aliphatic heterocycles. The minimum atomic E-state index is -0.533. The number of nitro benzene ring substituents is 1. The summed E-state index contributed by atoms with van der Waals surface area (Å²) in [5.41, 5.74) is 0.111. The minimum Gasteiger partial charge on any atom is -0.395 e. The van der Waals surface area contributed by atoms with Crippen LogP contribution in [0.25, 0.3) is 0 Å². The molecule has 1 aromatic carbocycles. The zero-order valence-corrected chi connectivity index (χ0v) is 13.7. The Hall–Kier alpha value is -1.47. The second kappa shape index (κ2) is 8.09. The SMILES string of the molecule is CCC(CC)N(CCO)C(=O)c1ccc(Br)c([N+](=O)[O-])c1. The molecule has 0 saturated heterocycles. The van der Waals surface area contributed by atoms with Gasteiger partial charge in [-0.2, -0.15) is 0 Å². The summed E-state index contributed by atoms with van der Waals surface area (Å²) in [5.74, 6) is -0.298. The van der Waals surface area contributed by atoms with Crippen LogP contribution in [0, 0.1) is 10.1 Å². The maximum atomic E-state index is 12.6. The van der Waals surface area contributed by atoms with Gasteiger partial charge in [-0.1, -0.05) is 13.8 Å². The lowest BCUT2D eigenvalue weighted by Crippen LogP contribution is -2.41. The largest absolute Gasteiger partial charge is 0.395 e. The molecule has 6 nitrogen and oxygen atoms in total. The number of amides is 1. The molecule has 0 saturated carbocycles. The lowest BCUT2D eigenvalue weighted by Gasteiger charge is -2.30. The third-order valence-corrected chi connectivity index (χ3v) is 4.05. The van der Waals surface area contributed by atoms with Crippen LogP contribution in [0.15, 0.2) is 22.7 Å². The Morgan fingerprint density at radius 1 is 1.43 bits per heavy atom. The molecule has 0 bridgehead atoms. The fraction of sp³-hybridized carbons (Fsp3) is 0.500. The zero-order chi connectivity index (χ0) is 16.0. The number of nitrogens with zero attached hydrogens (tertiary/aromatic N) is 2. The van der Waals surface area contributed by atoms with E-state index in [0.29, 0.717) is 4.47 Å². The van der Waals surface area contributed by atoms with Crippen molar-refractivity contribution in [3.8, 4) is 0 Å². The van der Waals surface area contributed by atoms with Crippen molar-refractivity contribution >= 4 is 27.5 Å². The van der Waals surface area contributed by atoms with Gasteiger partial charge < -0.3 is 10.0 Å². The van der Waals surface area contributed by atoms with E-state index in [-0.39, 0.29) is 36.4 Å². The van der Waals surface area contributed by atoms with Gasteiger partial charge in [-0.15, -0.1) is 0 Å². The van der Waals surface area contributed by atoms with E-state index in [1.54, 1.807) is 11.0 Å². The van der Waals surface area contributed by atoms with E-state index >= 15 is 0 Å². The Morgan fingerprint density at radius 2 is 2.05 bits per heavy atom. The number of nitro groups is 1. The number of carbonyl (C=O) groups excluding carboxylic acids is 1. The number of benzene rings is 1. The number of carbonyl (C=O) groups is 1. The van der Waals surface area contributed by atoms with Crippen LogP contribution in [-0.2, 0) is 0 Å². The molecule has 7 heteroatoms. The molecule has 0 aliphatic rings. The highest BCUT2D eigenvalue weighted by atomic mass is 79.9. The van der Waals surface area contributed by atoms with E-state index in [4.69, 9.17) is 5.11 Å². The summed E-state index contributed by atoms with van der Waals surface area (Å²) >= 11 is 3.10. The highest BCUT2D eigenvalue weighted by molar-refractivity contribution is 9.10. The van der Waals surface area contributed by atoms with Crippen LogP contribution in [0.1, 0.15) is 37.0 Å². The lowest BCUT2D eigenvalue weighted by atomic mass is 10.1. The number of aliphatic hydroxyl groups is 1. The molecule has 1 rings (SSSR count). The average molecular weight is 359 g/mol. The number of halogens is 1. The van der Waals surface area contributed by atoms with Crippen molar-refractivity contribution in [2.75, 3.05) is 13.2 Å². The topological polar surface area (TPSA) is 83.7 Å². The minimum absolute atomic E-state index is 0.00681. The van der Waals surface area contributed by atoms with Gasteiger partial charge in [0.2, 0.25) is 0 Å². The summed E-state index contributed by atoms with van der Waals surface area (Å²) in [6.07, 6.45) is 1.53. The molecular weight excluding hydrogens is 340 g/mol. The van der Waals surface area contributed by atoms with Crippen molar-refractivity contribution < 1.29 is 14.8 Å². The van der Waals surface area contributed by atoms with Crippen molar-refractivity contribution in [1.82, 2.24) is 4.90 Å². The molecule has 0 aliphatic carbocycles. The summed E-state index contributed by atoms with van der Waals surface area (Å²) in [6, 6.07) is 4.31. The monoisotopic (exact) mass is 358 g/mol. The van der Waals surface area contributed by atoms with Crippen molar-refractivity contribution in [3.05, 3.63) is 38.3 Å². The van der Waals surface area contributed by atoms with Gasteiger partial charge in [0.05, 0.1) is 16.0 Å². The highest BCUT2D eigenvalue weighted by Crippen LogP contribution is 2.26. The Labute approximate surface area is 132 Å². The normalized spacial score (nSPS) is 10.7. The molecule has 21 heavy (non-hydrogen) atoms. The smallest absolute Gasteiger partial charge is 0.284 e. The summed E-state index contributed by atoms with van der Waals surface area (Å²) in [5, 5.41) is 20.1. The van der Waals surface area contributed by atoms with Crippen molar-refractivity contribution in [1.29, 1.82) is 0 Å². The molecule has 0 atom stereocenters. The van der Waals surface area contributed by atoms with Crippen molar-refractivity contribution in [2.45, 2.75) is 32.7 Å². The van der Waals surface area contributed by atoms with E-state index in [1.165, 1.54) is 12.1 Å². The van der Waals surface area contributed by atoms with Crippen molar-refractivity contribution in [2.24, 2.45) is 0 Å². The Balaban J connectivity index is 3.14. The van der Waals surface area contributed by atoms with Gasteiger partial charge in [0.25, 0.3) is 11.6 Å². The first-order valence-electron chi connectivity index (χ1n) is 6.81. The maximum absolute atomic E-state index is 12.6. The summed E-state index contributed by atoms with van der Waals surface area (Å²) in [6.45, 7) is 4.02. The fourth-order valence-electron chi connectivity index (χ4n) is 2.24. The lowest BCUT2D eigenvalue weighted by molar-refractivity contribution is -0.385. The maximum Gasteiger partial charge on any atom is 0.284 e. The van der Waals surface area contributed by atoms with Gasteiger partial charge in [-0.25, -0.2) is 0 Å². The van der Waals surface area contributed by atoms with Crippen LogP contribution in [0.4, 0.5) is 5.69 Å². The first-order chi connectivity index (χ1) is 9.96. The number of rotatable bonds is 7. The van der Waals surface area contributed by atoms with E-state index in [1.807, 2.05) is 13.8 Å². The van der Waals surface area contributed by atoms with Crippen LogP contribution in [0.2, 0.25) is 0 Å². The number of hydrogen-bond donors (Lipinski definition) is 1. The molecule has 0 fully saturated rings. The van der Waals surface area contributed by atoms with Crippen LogP contribution in [0.3, 0.4) is 0 Å². The molecule has 1 amide bonds. The van der Waals surface area contributed by atoms with Crippen LogP contribution in [0.5, 0.6) is 0 Å². The molecule has 0 radical (unpaired) electrons. The molecular formula is C14H19BrN2O4. The van der Waals surface area contributed by atoms with Gasteiger partial charge in [0, 0.05) is 24.2 Å². The summed E-state index contributed by atoms with van der Waals surface area (Å²) in [7, 11) is 0. The van der Waals surface area contributed by atoms with Gasteiger partial charge in [0.1, 0.15) is 0 Å². The highest BCUT2D eigenvalue weighted by Gasteiger charge is 2.24. The molecule has 0 spiro atoms. The first kappa shape index (κ1) is 17.6. The predicted molar refractivity (Wildman–Crippen MR) is 83.3 cm³/mol. The Bertz CT molecular complexity index is 518. The average Bonchev–Trinajstić information content (AvgIpc) is 2.47. The zero-order valence-electron chi connectivity index (χ0n) is 12.1. The van der Waals surface area contributed by atoms with E-state index < -0.39 is 4.92 Å². The first-order valence-corrected chi connectivity index (χ1v) is 7.61. The standard InChI is InChI=1S/C14H19BrN2O4/c1-3-11(4-2)16(7-8-18)14(19)10-5-6-12(15)13(9-10)17(20)21/h5-6,9,11,18H,3-4,7-8H2,1-2H3. The molecule has 0 unspecified atom stereocenters. The van der Waals surface area contributed by atoms with E-state index in [2.05, 4.69) is 15.9 Å². The predicted octanol–water partition coefficient (Wildman–Crippen LogP) is 2.98. The van der Waals surface area contributed by atoms with Crippen LogP contribution >= 0.6 is 15.9 Å². The second-order valence-corrected chi connectivity index (χ2v) is 5.47. The van der Waals surface area contributed by atoms with Gasteiger partial charge in [-0.05, 0) is 40.9 Å². The van der Waals surface area contributed by atoms with Crippen LogP contribution in [-0.4, -0.2) is 40.0 Å². The van der Waals surface area contributed by atoms with Crippen molar-refractivity contribution in [3.63, 3.8) is 0 Å². The van der Waals surface area contributed by atoms with Gasteiger partial charge >= 0.3 is 0 Å². The molecule has 0 aromatic heterocycles. The Morgan fingerprint density at radius 3 is 2.52 bits per heavy atom. The van der Waals surface area contributed by atoms with E-state index in [9.17, 15) is 14.9 Å². The third kappa shape index (κ3) is 4.25. The summed E-state index contributed by atoms with van der Waals surface area (Å²) < 4.78 is 0.334. The number of aliphatic hydroxyl groups excluding tert-OH is 1. The second-order valence-electron chi connectivity index (χ2n) is 4.62.